The van der Waals surface area contributed by atoms with Gasteiger partial charge in [0.15, 0.2) is 5.83 Å². The number of hydrogen-bond donors (Lipinski definition) is 0. The van der Waals surface area contributed by atoms with Crippen LogP contribution in [-0.2, 0) is 6.42 Å². The van der Waals surface area contributed by atoms with Gasteiger partial charge in [0.2, 0.25) is 0 Å². The number of rotatable bonds is 5. The van der Waals surface area contributed by atoms with Crippen LogP contribution in [0.4, 0.5) is 8.78 Å². The molecule has 3 rings (SSSR count). The van der Waals surface area contributed by atoms with E-state index in [1.54, 1.807) is 12.1 Å². The van der Waals surface area contributed by atoms with Crippen molar-refractivity contribution in [3.8, 4) is 0 Å². The summed E-state index contributed by atoms with van der Waals surface area (Å²) in [6, 6.07) is 11.6. The Morgan fingerprint density at radius 1 is 1.00 bits per heavy atom. The first-order chi connectivity index (χ1) is 12.6. The SMILES string of the molecule is C/C=C/C1CCC(C(F)=C(F)c2ccc3cc(CCC)ccc3c2)CC1. The third-order valence-corrected chi connectivity index (χ3v) is 5.50. The van der Waals surface area contributed by atoms with Crippen molar-refractivity contribution >= 4 is 16.6 Å². The molecule has 138 valence electrons. The van der Waals surface area contributed by atoms with E-state index in [1.807, 2.05) is 19.1 Å². The summed E-state index contributed by atoms with van der Waals surface area (Å²) in [5.74, 6) is -1.01. The minimum Gasteiger partial charge on any atom is -0.208 e. The van der Waals surface area contributed by atoms with E-state index in [4.69, 9.17) is 0 Å². The van der Waals surface area contributed by atoms with Crippen LogP contribution >= 0.6 is 0 Å². The summed E-state index contributed by atoms with van der Waals surface area (Å²) in [5, 5.41) is 2.04. The lowest BCUT2D eigenvalue weighted by atomic mass is 9.81. The average molecular weight is 354 g/mol. The van der Waals surface area contributed by atoms with Gasteiger partial charge in [0.1, 0.15) is 5.83 Å². The Morgan fingerprint density at radius 2 is 1.69 bits per heavy atom. The smallest absolute Gasteiger partial charge is 0.162 e. The molecule has 2 heteroatoms. The molecule has 26 heavy (non-hydrogen) atoms. The van der Waals surface area contributed by atoms with Gasteiger partial charge in [-0.05, 0) is 67.3 Å². The molecule has 1 fully saturated rings. The molecular formula is C24H28F2. The normalized spacial score (nSPS) is 22.0. The first-order valence-corrected chi connectivity index (χ1v) is 9.83. The molecule has 0 radical (unpaired) electrons. The van der Waals surface area contributed by atoms with Crippen LogP contribution in [0.3, 0.4) is 0 Å². The van der Waals surface area contributed by atoms with Crippen molar-refractivity contribution in [3.05, 3.63) is 65.5 Å². The summed E-state index contributed by atoms with van der Waals surface area (Å²) in [7, 11) is 0. The summed E-state index contributed by atoms with van der Waals surface area (Å²) in [5.41, 5.74) is 1.64. The lowest BCUT2D eigenvalue weighted by molar-refractivity contribution is 0.304. The molecule has 0 N–H and O–H groups in total. The van der Waals surface area contributed by atoms with Gasteiger partial charge in [-0.1, -0.05) is 55.8 Å². The van der Waals surface area contributed by atoms with Crippen LogP contribution in [0.15, 0.2) is 54.4 Å². The zero-order valence-electron chi connectivity index (χ0n) is 15.8. The van der Waals surface area contributed by atoms with E-state index in [9.17, 15) is 8.78 Å². The van der Waals surface area contributed by atoms with Gasteiger partial charge in [-0.25, -0.2) is 8.78 Å². The number of halogens is 2. The maximum atomic E-state index is 14.8. The molecule has 0 amide bonds. The molecule has 0 aromatic heterocycles. The molecule has 0 unspecified atom stereocenters. The Kier molecular flexibility index (Phi) is 6.24. The van der Waals surface area contributed by atoms with Gasteiger partial charge in [0.25, 0.3) is 0 Å². The second kappa shape index (κ2) is 8.62. The predicted molar refractivity (Wildman–Crippen MR) is 107 cm³/mol. The number of fused-ring (bicyclic) bond motifs is 1. The number of allylic oxidation sites excluding steroid dienone is 3. The molecule has 2 aromatic carbocycles. The molecule has 0 nitrogen and oxygen atoms in total. The number of hydrogen-bond acceptors (Lipinski definition) is 0. The lowest BCUT2D eigenvalue weighted by Crippen LogP contribution is -2.14. The minimum absolute atomic E-state index is 0.279. The topological polar surface area (TPSA) is 0 Å². The Labute approximate surface area is 155 Å². The van der Waals surface area contributed by atoms with E-state index < -0.39 is 11.7 Å². The highest BCUT2D eigenvalue weighted by molar-refractivity contribution is 5.86. The van der Waals surface area contributed by atoms with Crippen molar-refractivity contribution in [2.24, 2.45) is 11.8 Å². The van der Waals surface area contributed by atoms with Crippen molar-refractivity contribution in [2.45, 2.75) is 52.4 Å². The van der Waals surface area contributed by atoms with Crippen molar-refractivity contribution in [1.29, 1.82) is 0 Å². The van der Waals surface area contributed by atoms with Crippen LogP contribution in [0.2, 0.25) is 0 Å². The first-order valence-electron chi connectivity index (χ1n) is 9.83. The predicted octanol–water partition coefficient (Wildman–Crippen LogP) is 7.78. The Bertz CT molecular complexity index is 808. The zero-order valence-corrected chi connectivity index (χ0v) is 15.8. The van der Waals surface area contributed by atoms with E-state index in [1.165, 1.54) is 5.56 Å². The van der Waals surface area contributed by atoms with Crippen molar-refractivity contribution in [1.82, 2.24) is 0 Å². The fraction of sp³-hybridized carbons (Fsp3) is 0.417. The van der Waals surface area contributed by atoms with E-state index in [0.717, 1.165) is 49.3 Å². The molecule has 2 aromatic rings. The molecule has 0 heterocycles. The van der Waals surface area contributed by atoms with E-state index >= 15 is 0 Å². The minimum atomic E-state index is -0.681. The van der Waals surface area contributed by atoms with Crippen LogP contribution in [-0.4, -0.2) is 0 Å². The van der Waals surface area contributed by atoms with Gasteiger partial charge in [-0.15, -0.1) is 0 Å². The van der Waals surface area contributed by atoms with Gasteiger partial charge in [-0.2, -0.15) is 0 Å². The van der Waals surface area contributed by atoms with Gasteiger partial charge in [0.05, 0.1) is 0 Å². The highest BCUT2D eigenvalue weighted by atomic mass is 19.2. The molecule has 1 aliphatic carbocycles. The summed E-state index contributed by atoms with van der Waals surface area (Å²) in [6.45, 7) is 4.17. The van der Waals surface area contributed by atoms with Gasteiger partial charge in [-0.3, -0.25) is 0 Å². The quantitative estimate of drug-likeness (QED) is 0.481. The lowest BCUT2D eigenvalue weighted by Gasteiger charge is -2.25. The van der Waals surface area contributed by atoms with Gasteiger partial charge in [0, 0.05) is 11.5 Å². The fourth-order valence-corrected chi connectivity index (χ4v) is 4.03. The van der Waals surface area contributed by atoms with Crippen molar-refractivity contribution in [3.63, 3.8) is 0 Å². The monoisotopic (exact) mass is 354 g/mol. The second-order valence-corrected chi connectivity index (χ2v) is 7.45. The average Bonchev–Trinajstić information content (AvgIpc) is 2.67. The summed E-state index contributed by atoms with van der Waals surface area (Å²) < 4.78 is 29.5. The van der Waals surface area contributed by atoms with Gasteiger partial charge >= 0.3 is 0 Å². The molecule has 0 atom stereocenters. The van der Waals surface area contributed by atoms with Crippen LogP contribution in [0.1, 0.15) is 57.1 Å². The Hall–Kier alpha value is -1.96. The number of benzene rings is 2. The molecule has 0 bridgehead atoms. The summed E-state index contributed by atoms with van der Waals surface area (Å²) in [6.07, 6.45) is 9.70. The molecule has 0 aliphatic heterocycles. The van der Waals surface area contributed by atoms with Crippen LogP contribution in [0.5, 0.6) is 0 Å². The third kappa shape index (κ3) is 4.23. The highest BCUT2D eigenvalue weighted by Gasteiger charge is 2.26. The zero-order chi connectivity index (χ0) is 18.5. The van der Waals surface area contributed by atoms with Gasteiger partial charge < -0.3 is 0 Å². The molecule has 1 saturated carbocycles. The Balaban J connectivity index is 1.80. The standard InChI is InChI=1S/C24H28F2/c1-3-5-17-7-10-19(11-8-17)23(25)24(26)22-14-13-20-15-18(6-4-2)9-12-21(20)16-22/h3,5,9,12-17,19H,4,6-8,10-11H2,1-2H3/b5-3+,24-23?. The maximum absolute atomic E-state index is 14.8. The summed E-state index contributed by atoms with van der Waals surface area (Å²) in [4.78, 5) is 0. The van der Waals surface area contributed by atoms with Crippen molar-refractivity contribution in [2.75, 3.05) is 0 Å². The molecule has 1 aliphatic rings. The van der Waals surface area contributed by atoms with E-state index in [2.05, 4.69) is 31.2 Å². The van der Waals surface area contributed by atoms with E-state index in [-0.39, 0.29) is 5.92 Å². The number of aryl methyl sites for hydroxylation is 1. The molecule has 0 spiro atoms. The molecular weight excluding hydrogens is 326 g/mol. The van der Waals surface area contributed by atoms with Crippen LogP contribution in [0, 0.1) is 11.8 Å². The highest BCUT2D eigenvalue weighted by Crippen LogP contribution is 2.38. The van der Waals surface area contributed by atoms with E-state index in [0.29, 0.717) is 11.5 Å². The van der Waals surface area contributed by atoms with Crippen molar-refractivity contribution < 1.29 is 8.78 Å². The maximum Gasteiger partial charge on any atom is 0.162 e. The third-order valence-electron chi connectivity index (χ3n) is 5.50. The fourth-order valence-electron chi connectivity index (χ4n) is 4.03. The first kappa shape index (κ1) is 18.8. The molecule has 0 saturated heterocycles. The second-order valence-electron chi connectivity index (χ2n) is 7.45. The summed E-state index contributed by atoms with van der Waals surface area (Å²) >= 11 is 0. The van der Waals surface area contributed by atoms with Crippen LogP contribution in [0.25, 0.3) is 16.6 Å². The Morgan fingerprint density at radius 3 is 2.38 bits per heavy atom. The largest absolute Gasteiger partial charge is 0.208 e. The van der Waals surface area contributed by atoms with Crippen LogP contribution < -0.4 is 0 Å².